The van der Waals surface area contributed by atoms with E-state index < -0.39 is 18.2 Å². The minimum atomic E-state index is -0.701. The maximum atomic E-state index is 13.1. The van der Waals surface area contributed by atoms with E-state index in [1.54, 1.807) is 6.26 Å². The first-order valence-electron chi connectivity index (χ1n) is 3.32. The molecule has 1 N–H and O–H groups in total. The van der Waals surface area contributed by atoms with E-state index in [0.29, 0.717) is 4.90 Å². The second-order valence-electron chi connectivity index (χ2n) is 2.20. The molecule has 1 aromatic rings. The lowest BCUT2D eigenvalue weighted by molar-refractivity contribution is 0.267. The Hall–Kier alpha value is -0.610. The molecule has 0 aromatic heterocycles. The smallest absolute Gasteiger partial charge is 0.145 e. The molecule has 66 valence electrons. The van der Waals surface area contributed by atoms with Gasteiger partial charge in [0, 0.05) is 4.90 Å². The van der Waals surface area contributed by atoms with Gasteiger partial charge in [0.2, 0.25) is 0 Å². The van der Waals surface area contributed by atoms with Crippen LogP contribution >= 0.6 is 11.8 Å². The molecule has 0 amide bonds. The molecule has 0 aliphatic carbocycles. The summed E-state index contributed by atoms with van der Waals surface area (Å²) in [7, 11) is 0. The van der Waals surface area contributed by atoms with Crippen LogP contribution in [0.15, 0.2) is 17.0 Å². The van der Waals surface area contributed by atoms with Gasteiger partial charge in [-0.05, 0) is 18.4 Å². The molecule has 1 aromatic carbocycles. The second kappa shape index (κ2) is 3.87. The number of rotatable bonds is 2. The summed E-state index contributed by atoms with van der Waals surface area (Å²) >= 11 is 1.18. The van der Waals surface area contributed by atoms with Gasteiger partial charge in [-0.1, -0.05) is 0 Å². The van der Waals surface area contributed by atoms with Crippen LogP contribution in [0, 0.1) is 11.6 Å². The average Bonchev–Trinajstić information content (AvgIpc) is 2.06. The maximum absolute atomic E-state index is 13.1. The Balaban J connectivity index is 3.24. The Morgan fingerprint density at radius 2 is 2.08 bits per heavy atom. The molecule has 0 atom stereocenters. The Bertz CT molecular complexity index is 289. The Kier molecular flexibility index (Phi) is 3.05. The van der Waals surface area contributed by atoms with Gasteiger partial charge in [0.25, 0.3) is 0 Å². The van der Waals surface area contributed by atoms with Crippen molar-refractivity contribution in [2.75, 3.05) is 6.26 Å². The van der Waals surface area contributed by atoms with Gasteiger partial charge in [-0.2, -0.15) is 0 Å². The zero-order valence-electron chi connectivity index (χ0n) is 6.47. The molecule has 0 radical (unpaired) electrons. The topological polar surface area (TPSA) is 20.2 Å². The summed E-state index contributed by atoms with van der Waals surface area (Å²) in [6, 6.07) is 2.51. The van der Waals surface area contributed by atoms with Crippen LogP contribution in [0.2, 0.25) is 0 Å². The number of aliphatic hydroxyl groups is 1. The number of hydrogen-bond acceptors (Lipinski definition) is 2. The van der Waals surface area contributed by atoms with Crippen molar-refractivity contribution < 1.29 is 13.9 Å². The van der Waals surface area contributed by atoms with E-state index in [2.05, 4.69) is 0 Å². The van der Waals surface area contributed by atoms with E-state index >= 15 is 0 Å². The third kappa shape index (κ3) is 1.59. The highest BCUT2D eigenvalue weighted by Gasteiger charge is 2.11. The highest BCUT2D eigenvalue weighted by atomic mass is 32.2. The van der Waals surface area contributed by atoms with Crippen LogP contribution in [0.3, 0.4) is 0 Å². The van der Waals surface area contributed by atoms with Gasteiger partial charge in [0.05, 0.1) is 12.2 Å². The Morgan fingerprint density at radius 1 is 1.42 bits per heavy atom. The molecule has 0 saturated carbocycles. The van der Waals surface area contributed by atoms with E-state index in [1.165, 1.54) is 17.8 Å². The fourth-order valence-electron chi connectivity index (χ4n) is 0.879. The van der Waals surface area contributed by atoms with E-state index in [9.17, 15) is 8.78 Å². The first-order chi connectivity index (χ1) is 5.70. The third-order valence-electron chi connectivity index (χ3n) is 1.53. The Labute approximate surface area is 73.4 Å². The first kappa shape index (κ1) is 9.48. The number of thioether (sulfide) groups is 1. The molecule has 0 aliphatic rings. The van der Waals surface area contributed by atoms with E-state index in [4.69, 9.17) is 5.11 Å². The molecular formula is C8H8F2OS. The molecule has 0 fully saturated rings. The number of benzene rings is 1. The zero-order valence-corrected chi connectivity index (χ0v) is 7.29. The summed E-state index contributed by atoms with van der Waals surface area (Å²) in [5.74, 6) is -1.36. The van der Waals surface area contributed by atoms with Crippen molar-refractivity contribution in [2.45, 2.75) is 11.5 Å². The molecule has 4 heteroatoms. The van der Waals surface area contributed by atoms with Crippen LogP contribution < -0.4 is 0 Å². The van der Waals surface area contributed by atoms with Gasteiger partial charge in [0.15, 0.2) is 0 Å². The summed E-state index contributed by atoms with van der Waals surface area (Å²) in [5.41, 5.74) is -0.262. The molecule has 12 heavy (non-hydrogen) atoms. The quantitative estimate of drug-likeness (QED) is 0.721. The lowest BCUT2D eigenvalue weighted by Gasteiger charge is -2.04. The predicted molar refractivity (Wildman–Crippen MR) is 44.1 cm³/mol. The van der Waals surface area contributed by atoms with Crippen molar-refractivity contribution in [3.05, 3.63) is 29.3 Å². The van der Waals surface area contributed by atoms with Gasteiger partial charge in [-0.25, -0.2) is 8.78 Å². The number of hydrogen-bond donors (Lipinski definition) is 1. The van der Waals surface area contributed by atoms with Crippen LogP contribution in [0.1, 0.15) is 5.56 Å². The van der Waals surface area contributed by atoms with Crippen molar-refractivity contribution in [3.63, 3.8) is 0 Å². The van der Waals surface area contributed by atoms with E-state index in [1.807, 2.05) is 0 Å². The first-order valence-corrected chi connectivity index (χ1v) is 4.55. The van der Waals surface area contributed by atoms with Crippen molar-refractivity contribution in [2.24, 2.45) is 0 Å². The van der Waals surface area contributed by atoms with Crippen molar-refractivity contribution in [1.82, 2.24) is 0 Å². The van der Waals surface area contributed by atoms with Gasteiger partial charge in [-0.3, -0.25) is 0 Å². The fourth-order valence-corrected chi connectivity index (χ4v) is 1.39. The van der Waals surface area contributed by atoms with Crippen LogP contribution in [0.5, 0.6) is 0 Å². The highest BCUT2D eigenvalue weighted by Crippen LogP contribution is 2.23. The lowest BCUT2D eigenvalue weighted by Crippen LogP contribution is -1.96. The van der Waals surface area contributed by atoms with Crippen molar-refractivity contribution in [3.8, 4) is 0 Å². The van der Waals surface area contributed by atoms with E-state index in [0.717, 1.165) is 6.07 Å². The van der Waals surface area contributed by atoms with Gasteiger partial charge >= 0.3 is 0 Å². The standard InChI is InChI=1S/C8H8F2OS/c1-12-7-3-2-6(9)5(4-11)8(7)10/h2-3,11H,4H2,1H3. The maximum Gasteiger partial charge on any atom is 0.145 e. The van der Waals surface area contributed by atoms with Crippen LogP contribution in [-0.4, -0.2) is 11.4 Å². The number of halogens is 2. The van der Waals surface area contributed by atoms with E-state index in [-0.39, 0.29) is 5.56 Å². The molecular weight excluding hydrogens is 182 g/mol. The van der Waals surface area contributed by atoms with Crippen LogP contribution in [0.4, 0.5) is 8.78 Å². The van der Waals surface area contributed by atoms with Crippen molar-refractivity contribution >= 4 is 11.8 Å². The van der Waals surface area contributed by atoms with Crippen molar-refractivity contribution in [1.29, 1.82) is 0 Å². The molecule has 0 saturated heterocycles. The van der Waals surface area contributed by atoms with Crippen LogP contribution in [-0.2, 0) is 6.61 Å². The molecule has 1 nitrogen and oxygen atoms in total. The summed E-state index contributed by atoms with van der Waals surface area (Å²) in [4.78, 5) is 0.348. The van der Waals surface area contributed by atoms with Crippen LogP contribution in [0.25, 0.3) is 0 Å². The summed E-state index contributed by atoms with van der Waals surface area (Å²) < 4.78 is 25.9. The monoisotopic (exact) mass is 190 g/mol. The Morgan fingerprint density at radius 3 is 2.58 bits per heavy atom. The summed E-state index contributed by atoms with van der Waals surface area (Å²) in [6.45, 7) is -0.605. The largest absolute Gasteiger partial charge is 0.391 e. The average molecular weight is 190 g/mol. The van der Waals surface area contributed by atoms with Gasteiger partial charge in [-0.15, -0.1) is 11.8 Å². The SMILES string of the molecule is CSc1ccc(F)c(CO)c1F. The molecule has 0 heterocycles. The summed E-state index contributed by atoms with van der Waals surface area (Å²) in [5, 5.41) is 8.63. The molecule has 0 unspecified atom stereocenters. The molecule has 0 spiro atoms. The molecule has 0 aliphatic heterocycles. The summed E-state index contributed by atoms with van der Waals surface area (Å²) in [6.07, 6.45) is 1.69. The number of aliphatic hydroxyl groups excluding tert-OH is 1. The fraction of sp³-hybridized carbons (Fsp3) is 0.250. The minimum absolute atomic E-state index is 0.262. The van der Waals surface area contributed by atoms with Gasteiger partial charge in [0.1, 0.15) is 11.6 Å². The minimum Gasteiger partial charge on any atom is -0.391 e. The third-order valence-corrected chi connectivity index (χ3v) is 2.28. The van der Waals surface area contributed by atoms with Gasteiger partial charge < -0.3 is 5.11 Å². The second-order valence-corrected chi connectivity index (χ2v) is 3.05. The zero-order chi connectivity index (χ0) is 9.14. The highest BCUT2D eigenvalue weighted by molar-refractivity contribution is 7.98. The predicted octanol–water partition coefficient (Wildman–Crippen LogP) is 2.18. The lowest BCUT2D eigenvalue weighted by atomic mass is 10.2. The molecule has 1 rings (SSSR count). The normalized spacial score (nSPS) is 10.3. The molecule has 0 bridgehead atoms.